The van der Waals surface area contributed by atoms with Gasteiger partial charge in [-0.2, -0.15) is 0 Å². The molecule has 0 saturated carbocycles. The summed E-state index contributed by atoms with van der Waals surface area (Å²) in [6, 6.07) is -0.491. The molecule has 0 bridgehead atoms. The molecule has 0 aliphatic carbocycles. The predicted molar refractivity (Wildman–Crippen MR) is 110 cm³/mol. The molecular weight excluding hydrogens is 408 g/mol. The first kappa shape index (κ1) is 23.0. The van der Waals surface area contributed by atoms with E-state index in [0.29, 0.717) is 0 Å². The molecule has 12 nitrogen and oxygen atoms in total. The maximum atomic E-state index is 12.8. The Labute approximate surface area is 178 Å². The first-order valence-electron chi connectivity index (χ1n) is 10.0. The summed E-state index contributed by atoms with van der Waals surface area (Å²) in [5, 5.41) is 35.7. The van der Waals surface area contributed by atoms with E-state index >= 15 is 0 Å². The second-order valence-corrected chi connectivity index (χ2v) is 7.61. The highest BCUT2D eigenvalue weighted by Gasteiger charge is 2.44. The molecule has 12 heteroatoms. The van der Waals surface area contributed by atoms with E-state index < -0.39 is 43.1 Å². The molecule has 2 aromatic rings. The standard InChI is InChI=1S/C19H28N6O6/c1-4-8(2)12(21-3)18(30)24-16-11-9(15(20)29)5-25(17(11)23-7-22-16)19-14(28)13(27)10(6-26)31-19/h5,7-8,10,12-14,19,21,26-28H,4,6H2,1-3H3,(H2,20,29)(H,22,23,24,30)/t8?,10-,12?,13?,14+,19-/m1/s1. The number of likely N-dealkylation sites (N-methyl/N-ethyl adjacent to an activating group) is 1. The lowest BCUT2D eigenvalue weighted by Gasteiger charge is -2.21. The molecule has 3 heterocycles. The molecule has 0 spiro atoms. The smallest absolute Gasteiger partial charge is 0.251 e. The molecule has 2 amide bonds. The zero-order chi connectivity index (χ0) is 22.9. The van der Waals surface area contributed by atoms with Crippen LogP contribution in [0.15, 0.2) is 12.5 Å². The first-order chi connectivity index (χ1) is 14.7. The zero-order valence-electron chi connectivity index (χ0n) is 17.5. The third-order valence-electron chi connectivity index (χ3n) is 5.71. The van der Waals surface area contributed by atoms with Crippen LogP contribution in [0.3, 0.4) is 0 Å². The van der Waals surface area contributed by atoms with Crippen LogP contribution in [0.1, 0.15) is 36.9 Å². The Balaban J connectivity index is 2.06. The second-order valence-electron chi connectivity index (χ2n) is 7.61. The van der Waals surface area contributed by atoms with Crippen molar-refractivity contribution < 1.29 is 29.6 Å². The van der Waals surface area contributed by atoms with Crippen LogP contribution in [0.4, 0.5) is 5.82 Å². The van der Waals surface area contributed by atoms with Gasteiger partial charge in [0.05, 0.1) is 23.6 Å². The topological polar surface area (TPSA) is 185 Å². The van der Waals surface area contributed by atoms with Crippen LogP contribution in [-0.4, -0.2) is 79.7 Å². The quantitative estimate of drug-likeness (QED) is 0.293. The van der Waals surface area contributed by atoms with Crippen LogP contribution in [-0.2, 0) is 9.53 Å². The molecule has 0 aromatic carbocycles. The van der Waals surface area contributed by atoms with Crippen LogP contribution in [0, 0.1) is 5.92 Å². The summed E-state index contributed by atoms with van der Waals surface area (Å²) >= 11 is 0. The number of fused-ring (bicyclic) bond motifs is 1. The monoisotopic (exact) mass is 436 g/mol. The average molecular weight is 436 g/mol. The number of nitrogens with two attached hydrogens (primary N) is 1. The molecule has 1 saturated heterocycles. The number of primary amides is 1. The van der Waals surface area contributed by atoms with Crippen molar-refractivity contribution in [2.75, 3.05) is 19.0 Å². The van der Waals surface area contributed by atoms with Gasteiger partial charge in [-0.3, -0.25) is 9.59 Å². The summed E-state index contributed by atoms with van der Waals surface area (Å²) in [4.78, 5) is 33.2. The number of aliphatic hydroxyl groups excluding tert-OH is 3. The third kappa shape index (κ3) is 4.12. The van der Waals surface area contributed by atoms with Gasteiger partial charge in [-0.05, 0) is 13.0 Å². The predicted octanol–water partition coefficient (Wildman–Crippen LogP) is -1.29. The van der Waals surface area contributed by atoms with E-state index in [4.69, 9.17) is 10.5 Å². The summed E-state index contributed by atoms with van der Waals surface area (Å²) in [6.07, 6.45) is -1.58. The fourth-order valence-electron chi connectivity index (χ4n) is 3.77. The van der Waals surface area contributed by atoms with Crippen LogP contribution in [0.2, 0.25) is 0 Å². The third-order valence-corrected chi connectivity index (χ3v) is 5.71. The number of nitrogens with one attached hydrogen (secondary N) is 2. The van der Waals surface area contributed by atoms with E-state index in [-0.39, 0.29) is 34.2 Å². The largest absolute Gasteiger partial charge is 0.394 e. The van der Waals surface area contributed by atoms with E-state index in [0.717, 1.165) is 6.42 Å². The molecule has 6 atom stereocenters. The number of anilines is 1. The zero-order valence-corrected chi connectivity index (χ0v) is 17.5. The molecule has 3 rings (SSSR count). The number of rotatable bonds is 8. The number of aromatic nitrogens is 3. The number of carbonyl (C=O) groups excluding carboxylic acids is 2. The minimum absolute atomic E-state index is 0.00758. The summed E-state index contributed by atoms with van der Waals surface area (Å²) in [5.74, 6) is -1.01. The van der Waals surface area contributed by atoms with Crippen molar-refractivity contribution in [2.45, 2.75) is 50.8 Å². The van der Waals surface area contributed by atoms with Crippen LogP contribution in [0.25, 0.3) is 11.0 Å². The Kier molecular flexibility index (Phi) is 6.86. The van der Waals surface area contributed by atoms with Crippen molar-refractivity contribution in [2.24, 2.45) is 11.7 Å². The van der Waals surface area contributed by atoms with Gasteiger partial charge in [0.25, 0.3) is 5.91 Å². The van der Waals surface area contributed by atoms with Crippen molar-refractivity contribution in [1.82, 2.24) is 19.9 Å². The molecule has 1 fully saturated rings. The lowest BCUT2D eigenvalue weighted by atomic mass is 9.98. The maximum absolute atomic E-state index is 12.8. The van der Waals surface area contributed by atoms with Gasteiger partial charge in [0.1, 0.15) is 36.1 Å². The Bertz CT molecular complexity index is 965. The fourth-order valence-corrected chi connectivity index (χ4v) is 3.77. The van der Waals surface area contributed by atoms with E-state index in [1.54, 1.807) is 7.05 Å². The summed E-state index contributed by atoms with van der Waals surface area (Å²) in [5.41, 5.74) is 5.71. The van der Waals surface area contributed by atoms with Gasteiger partial charge in [0.15, 0.2) is 6.23 Å². The molecule has 31 heavy (non-hydrogen) atoms. The Morgan fingerprint density at radius 3 is 2.58 bits per heavy atom. The number of aliphatic hydroxyl groups is 3. The van der Waals surface area contributed by atoms with Gasteiger partial charge in [-0.1, -0.05) is 20.3 Å². The van der Waals surface area contributed by atoms with Crippen molar-refractivity contribution in [1.29, 1.82) is 0 Å². The number of nitrogens with zero attached hydrogens (tertiary/aromatic N) is 3. The van der Waals surface area contributed by atoms with E-state index in [1.807, 2.05) is 13.8 Å². The van der Waals surface area contributed by atoms with Crippen molar-refractivity contribution in [3.8, 4) is 0 Å². The molecular formula is C19H28N6O6. The average Bonchev–Trinajstić information content (AvgIpc) is 3.27. The van der Waals surface area contributed by atoms with Gasteiger partial charge < -0.3 is 41.0 Å². The van der Waals surface area contributed by atoms with Gasteiger partial charge in [0, 0.05) is 6.20 Å². The normalized spacial score (nSPS) is 25.5. The van der Waals surface area contributed by atoms with E-state index in [9.17, 15) is 24.9 Å². The SMILES string of the molecule is CCC(C)C(NC)C(=O)Nc1ncnc2c1c(C(N)=O)cn2[C@@H]1O[C@H](CO)C(O)[C@@H]1O. The Hall–Kier alpha value is -2.64. The number of amides is 2. The van der Waals surface area contributed by atoms with Gasteiger partial charge in [-0.25, -0.2) is 9.97 Å². The maximum Gasteiger partial charge on any atom is 0.251 e. The lowest BCUT2D eigenvalue weighted by molar-refractivity contribution is -0.119. The first-order valence-corrected chi connectivity index (χ1v) is 10.0. The van der Waals surface area contributed by atoms with E-state index in [2.05, 4.69) is 20.6 Å². The number of hydrogen-bond donors (Lipinski definition) is 6. The molecule has 3 unspecified atom stereocenters. The van der Waals surface area contributed by atoms with Crippen molar-refractivity contribution >= 4 is 28.7 Å². The Morgan fingerprint density at radius 1 is 1.32 bits per heavy atom. The molecule has 2 aromatic heterocycles. The highest BCUT2D eigenvalue weighted by molar-refractivity contribution is 6.11. The number of ether oxygens (including phenoxy) is 1. The number of carbonyl (C=O) groups is 2. The van der Waals surface area contributed by atoms with Crippen LogP contribution >= 0.6 is 0 Å². The molecule has 7 N–H and O–H groups in total. The number of hydrogen-bond acceptors (Lipinski definition) is 9. The fraction of sp³-hybridized carbons (Fsp3) is 0.579. The Morgan fingerprint density at radius 2 is 2.03 bits per heavy atom. The van der Waals surface area contributed by atoms with Crippen molar-refractivity contribution in [3.63, 3.8) is 0 Å². The van der Waals surface area contributed by atoms with Gasteiger partial charge in [-0.15, -0.1) is 0 Å². The van der Waals surface area contributed by atoms with Gasteiger partial charge >= 0.3 is 0 Å². The molecule has 1 aliphatic heterocycles. The van der Waals surface area contributed by atoms with Crippen LogP contribution < -0.4 is 16.4 Å². The van der Waals surface area contributed by atoms with Crippen molar-refractivity contribution in [3.05, 3.63) is 18.1 Å². The summed E-state index contributed by atoms with van der Waals surface area (Å²) in [7, 11) is 1.68. The van der Waals surface area contributed by atoms with Gasteiger partial charge in [0.2, 0.25) is 5.91 Å². The summed E-state index contributed by atoms with van der Waals surface area (Å²) < 4.78 is 6.88. The lowest BCUT2D eigenvalue weighted by Crippen LogP contribution is -2.43. The second kappa shape index (κ2) is 9.24. The molecule has 1 aliphatic rings. The minimum atomic E-state index is -1.39. The molecule has 0 radical (unpaired) electrons. The van der Waals surface area contributed by atoms with E-state index in [1.165, 1.54) is 17.1 Å². The summed E-state index contributed by atoms with van der Waals surface area (Å²) in [6.45, 7) is 3.40. The van der Waals surface area contributed by atoms with Crippen LogP contribution in [0.5, 0.6) is 0 Å². The highest BCUT2D eigenvalue weighted by atomic mass is 16.6. The minimum Gasteiger partial charge on any atom is -0.394 e. The molecule has 170 valence electrons. The highest BCUT2D eigenvalue weighted by Crippen LogP contribution is 2.35.